The Morgan fingerprint density at radius 1 is 1.00 bits per heavy atom. The predicted octanol–water partition coefficient (Wildman–Crippen LogP) is 2.72. The molecule has 0 N–H and O–H groups in total. The Balaban J connectivity index is 1.92. The van der Waals surface area contributed by atoms with Crippen molar-refractivity contribution in [3.8, 4) is 0 Å². The third-order valence-electron chi connectivity index (χ3n) is 5.56. The molecule has 0 radical (unpaired) electrons. The fourth-order valence-electron chi connectivity index (χ4n) is 3.83. The number of fused-ring (bicyclic) bond motifs is 3. The molecule has 0 saturated carbocycles. The molecule has 3 heterocycles. The first-order valence-electron chi connectivity index (χ1n) is 10.7. The van der Waals surface area contributed by atoms with Crippen LogP contribution in [0.15, 0.2) is 45.0 Å². The molecule has 0 spiro atoms. The van der Waals surface area contributed by atoms with E-state index in [-0.39, 0.29) is 11.2 Å². The fraction of sp³-hybridized carbons (Fsp3) is 0.455. The van der Waals surface area contributed by atoms with Crippen LogP contribution in [-0.4, -0.2) is 30.9 Å². The Morgan fingerprint density at radius 3 is 2.40 bits per heavy atom. The lowest BCUT2D eigenvalue weighted by Gasteiger charge is -2.26. The van der Waals surface area contributed by atoms with Crippen LogP contribution >= 0.6 is 0 Å². The molecule has 30 heavy (non-hydrogen) atoms. The maximum atomic E-state index is 13.3. The molecule has 8 heteroatoms. The van der Waals surface area contributed by atoms with Gasteiger partial charge in [-0.1, -0.05) is 57.0 Å². The topological polar surface area (TPSA) is 77.4 Å². The first kappa shape index (κ1) is 20.1. The first-order chi connectivity index (χ1) is 14.6. The van der Waals surface area contributed by atoms with Crippen molar-refractivity contribution in [2.24, 2.45) is 12.1 Å². The maximum absolute atomic E-state index is 13.3. The number of unbranched alkanes of at least 4 members (excludes halogenated alkanes) is 2. The van der Waals surface area contributed by atoms with Crippen LogP contribution in [0.3, 0.4) is 0 Å². The molecule has 4 rings (SSSR count). The van der Waals surface area contributed by atoms with Crippen LogP contribution in [0, 0.1) is 0 Å². The third-order valence-corrected chi connectivity index (χ3v) is 5.56. The highest BCUT2D eigenvalue weighted by Crippen LogP contribution is 2.25. The number of hydrogen-bond acceptors (Lipinski definition) is 5. The molecule has 0 unspecified atom stereocenters. The van der Waals surface area contributed by atoms with E-state index in [1.54, 1.807) is 7.05 Å². The van der Waals surface area contributed by atoms with Crippen molar-refractivity contribution in [1.82, 2.24) is 18.7 Å². The summed E-state index contributed by atoms with van der Waals surface area (Å²) < 4.78 is 4.74. The number of imidazole rings is 1. The second kappa shape index (κ2) is 8.30. The minimum Gasteiger partial charge on any atom is -0.297 e. The Bertz CT molecular complexity index is 1200. The van der Waals surface area contributed by atoms with E-state index in [4.69, 9.17) is 5.10 Å². The number of rotatable bonds is 7. The summed E-state index contributed by atoms with van der Waals surface area (Å²) in [4.78, 5) is 30.8. The Kier molecular flexibility index (Phi) is 5.57. The molecule has 3 aromatic rings. The zero-order chi connectivity index (χ0) is 21.3. The number of hydrogen-bond donors (Lipinski definition) is 0. The summed E-state index contributed by atoms with van der Waals surface area (Å²) in [6, 6.07) is 9.99. The minimum atomic E-state index is -0.319. The van der Waals surface area contributed by atoms with Crippen LogP contribution in [0.5, 0.6) is 0 Å². The highest BCUT2D eigenvalue weighted by atomic mass is 16.2. The second-order valence-corrected chi connectivity index (χ2v) is 7.71. The molecule has 1 aromatic carbocycles. The van der Waals surface area contributed by atoms with E-state index < -0.39 is 0 Å². The highest BCUT2D eigenvalue weighted by molar-refractivity contribution is 6.02. The van der Waals surface area contributed by atoms with Gasteiger partial charge in [0, 0.05) is 20.1 Å². The Morgan fingerprint density at radius 2 is 1.70 bits per heavy atom. The first-order valence-corrected chi connectivity index (χ1v) is 10.7. The molecular formula is C22H28N6O2. The van der Waals surface area contributed by atoms with Crippen LogP contribution in [0.25, 0.3) is 11.2 Å². The standard InChI is InChI=1S/C22H28N6O2/c1-4-6-13-26-20(29)18-19(25(3)22(26)30)23-21-27(18)15-17(16-11-9-8-10-12-16)24-28(21)14-7-5-2/h8-12H,4-7,13-15H2,1-3H3. The number of nitrogens with zero attached hydrogens (tertiary/aromatic N) is 6. The monoisotopic (exact) mass is 408 g/mol. The highest BCUT2D eigenvalue weighted by Gasteiger charge is 2.27. The summed E-state index contributed by atoms with van der Waals surface area (Å²) in [5.41, 5.74) is 2.19. The van der Waals surface area contributed by atoms with E-state index in [9.17, 15) is 9.59 Å². The molecule has 0 aliphatic carbocycles. The van der Waals surface area contributed by atoms with Gasteiger partial charge in [-0.05, 0) is 18.4 Å². The van der Waals surface area contributed by atoms with E-state index >= 15 is 0 Å². The van der Waals surface area contributed by atoms with Gasteiger partial charge in [0.2, 0.25) is 5.95 Å². The van der Waals surface area contributed by atoms with Crippen molar-refractivity contribution in [2.75, 3.05) is 11.6 Å². The van der Waals surface area contributed by atoms with E-state index in [1.165, 1.54) is 9.13 Å². The molecule has 0 fully saturated rings. The summed E-state index contributed by atoms with van der Waals surface area (Å²) >= 11 is 0. The van der Waals surface area contributed by atoms with E-state index in [1.807, 2.05) is 46.8 Å². The molecule has 2 aromatic heterocycles. The van der Waals surface area contributed by atoms with Crippen LogP contribution in [0.1, 0.15) is 45.1 Å². The fourth-order valence-corrected chi connectivity index (χ4v) is 3.83. The van der Waals surface area contributed by atoms with Crippen molar-refractivity contribution in [3.63, 3.8) is 0 Å². The van der Waals surface area contributed by atoms with Crippen LogP contribution in [-0.2, 0) is 20.1 Å². The zero-order valence-electron chi connectivity index (χ0n) is 17.8. The molecule has 0 bridgehead atoms. The molecule has 0 atom stereocenters. The molecule has 0 saturated heterocycles. The summed E-state index contributed by atoms with van der Waals surface area (Å²) in [5.74, 6) is 0.624. The van der Waals surface area contributed by atoms with Gasteiger partial charge >= 0.3 is 5.69 Å². The summed E-state index contributed by atoms with van der Waals surface area (Å²) in [6.45, 7) is 5.74. The molecule has 0 amide bonds. The number of anilines is 1. The predicted molar refractivity (Wildman–Crippen MR) is 119 cm³/mol. The SMILES string of the molecule is CCCCN1N=C(c2ccccc2)Cn2c1nc1c2c(=O)n(CCCC)c(=O)n1C. The molecular weight excluding hydrogens is 380 g/mol. The summed E-state index contributed by atoms with van der Waals surface area (Å²) in [5, 5.41) is 6.72. The van der Waals surface area contributed by atoms with Gasteiger partial charge in [-0.3, -0.25) is 18.5 Å². The van der Waals surface area contributed by atoms with Gasteiger partial charge in [0.25, 0.3) is 5.56 Å². The summed E-state index contributed by atoms with van der Waals surface area (Å²) in [6.07, 6.45) is 3.67. The third kappa shape index (κ3) is 3.36. The quantitative estimate of drug-likeness (QED) is 0.602. The van der Waals surface area contributed by atoms with Crippen molar-refractivity contribution < 1.29 is 0 Å². The lowest BCUT2D eigenvalue weighted by atomic mass is 10.1. The molecule has 1 aliphatic heterocycles. The molecule has 1 aliphatic rings. The largest absolute Gasteiger partial charge is 0.332 e. The normalized spacial score (nSPS) is 13.6. The minimum absolute atomic E-state index is 0.273. The molecule has 8 nitrogen and oxygen atoms in total. The van der Waals surface area contributed by atoms with Gasteiger partial charge < -0.3 is 0 Å². The summed E-state index contributed by atoms with van der Waals surface area (Å²) in [7, 11) is 1.68. The van der Waals surface area contributed by atoms with Gasteiger partial charge in [0.05, 0.1) is 12.3 Å². The van der Waals surface area contributed by atoms with E-state index in [0.29, 0.717) is 36.7 Å². The second-order valence-electron chi connectivity index (χ2n) is 7.71. The van der Waals surface area contributed by atoms with Crippen molar-refractivity contribution in [2.45, 2.75) is 52.6 Å². The van der Waals surface area contributed by atoms with Crippen LogP contribution in [0.2, 0.25) is 0 Å². The smallest absolute Gasteiger partial charge is 0.297 e. The van der Waals surface area contributed by atoms with Gasteiger partial charge in [0.1, 0.15) is 0 Å². The van der Waals surface area contributed by atoms with E-state index in [0.717, 1.165) is 37.0 Å². The van der Waals surface area contributed by atoms with E-state index in [2.05, 4.69) is 11.9 Å². The van der Waals surface area contributed by atoms with Gasteiger partial charge in [-0.15, -0.1) is 0 Å². The van der Waals surface area contributed by atoms with Gasteiger partial charge in [-0.25, -0.2) is 9.80 Å². The van der Waals surface area contributed by atoms with Gasteiger partial charge in [-0.2, -0.15) is 10.1 Å². The number of aryl methyl sites for hydroxylation is 1. The zero-order valence-corrected chi connectivity index (χ0v) is 17.8. The number of benzene rings is 1. The number of hydrazone groups is 1. The average molecular weight is 409 g/mol. The Labute approximate surface area is 175 Å². The van der Waals surface area contributed by atoms with Crippen molar-refractivity contribution in [1.29, 1.82) is 0 Å². The Hall–Kier alpha value is -3.16. The maximum Gasteiger partial charge on any atom is 0.332 e. The van der Waals surface area contributed by atoms with Crippen molar-refractivity contribution >= 4 is 22.8 Å². The van der Waals surface area contributed by atoms with Crippen molar-refractivity contribution in [3.05, 3.63) is 56.7 Å². The molecule has 158 valence electrons. The van der Waals surface area contributed by atoms with Gasteiger partial charge in [0.15, 0.2) is 11.2 Å². The van der Waals surface area contributed by atoms with Crippen LogP contribution in [0.4, 0.5) is 5.95 Å². The lowest BCUT2D eigenvalue weighted by Crippen LogP contribution is -2.40. The average Bonchev–Trinajstić information content (AvgIpc) is 3.16. The van der Waals surface area contributed by atoms with Crippen LogP contribution < -0.4 is 16.3 Å². The number of aromatic nitrogens is 4. The lowest BCUT2D eigenvalue weighted by molar-refractivity contribution is 0.565.